The van der Waals surface area contributed by atoms with Crippen LogP contribution in [0.1, 0.15) is 15.9 Å². The molecule has 1 heterocycles. The molecule has 0 atom stereocenters. The summed E-state index contributed by atoms with van der Waals surface area (Å²) in [6.45, 7) is 0. The molecule has 0 radical (unpaired) electrons. The van der Waals surface area contributed by atoms with Gasteiger partial charge in [0, 0.05) is 11.1 Å². The number of halogens is 3. The Bertz CT molecular complexity index is 851. The fourth-order valence-corrected chi connectivity index (χ4v) is 2.11. The zero-order valence-electron chi connectivity index (χ0n) is 11.1. The van der Waals surface area contributed by atoms with Crippen molar-refractivity contribution in [3.63, 3.8) is 0 Å². The van der Waals surface area contributed by atoms with Crippen LogP contribution in [0.25, 0.3) is 22.4 Å². The molecule has 0 fully saturated rings. The summed E-state index contributed by atoms with van der Waals surface area (Å²) in [7, 11) is 0. The molecule has 0 unspecified atom stereocenters. The van der Waals surface area contributed by atoms with Gasteiger partial charge in [-0.25, -0.2) is 4.98 Å². The van der Waals surface area contributed by atoms with Crippen molar-refractivity contribution in [1.82, 2.24) is 9.97 Å². The Morgan fingerprint density at radius 3 is 2.36 bits per heavy atom. The summed E-state index contributed by atoms with van der Waals surface area (Å²) >= 11 is 0. The van der Waals surface area contributed by atoms with Crippen molar-refractivity contribution in [2.75, 3.05) is 0 Å². The number of alkyl halides is 3. The molecule has 3 rings (SSSR count). The quantitative estimate of drug-likeness (QED) is 0.762. The number of primary amides is 1. The maximum Gasteiger partial charge on any atom is 0.416 e. The van der Waals surface area contributed by atoms with Crippen molar-refractivity contribution < 1.29 is 18.0 Å². The Kier molecular flexibility index (Phi) is 3.13. The van der Waals surface area contributed by atoms with E-state index in [0.717, 1.165) is 12.1 Å². The highest BCUT2D eigenvalue weighted by Crippen LogP contribution is 2.31. The maximum atomic E-state index is 12.7. The third-order valence-corrected chi connectivity index (χ3v) is 3.25. The van der Waals surface area contributed by atoms with Crippen molar-refractivity contribution in [3.05, 3.63) is 53.6 Å². The van der Waals surface area contributed by atoms with Crippen LogP contribution in [0.4, 0.5) is 13.2 Å². The molecule has 1 aromatic heterocycles. The van der Waals surface area contributed by atoms with Gasteiger partial charge in [-0.3, -0.25) is 4.79 Å². The van der Waals surface area contributed by atoms with Gasteiger partial charge < -0.3 is 10.7 Å². The number of hydrogen-bond donors (Lipinski definition) is 2. The van der Waals surface area contributed by atoms with E-state index in [2.05, 4.69) is 9.97 Å². The van der Waals surface area contributed by atoms with Gasteiger partial charge in [-0.1, -0.05) is 12.1 Å². The summed E-state index contributed by atoms with van der Waals surface area (Å²) < 4.78 is 38.1. The van der Waals surface area contributed by atoms with Crippen LogP contribution >= 0.6 is 0 Å². The lowest BCUT2D eigenvalue weighted by Crippen LogP contribution is -2.10. The fourth-order valence-electron chi connectivity index (χ4n) is 2.11. The Morgan fingerprint density at radius 2 is 1.77 bits per heavy atom. The second kappa shape index (κ2) is 4.87. The molecular weight excluding hydrogens is 295 g/mol. The molecule has 0 saturated heterocycles. The summed E-state index contributed by atoms with van der Waals surface area (Å²) in [4.78, 5) is 18.1. The number of carbonyl (C=O) groups excluding carboxylic acids is 1. The molecule has 3 N–H and O–H groups in total. The number of amides is 1. The van der Waals surface area contributed by atoms with Crippen molar-refractivity contribution in [1.29, 1.82) is 0 Å². The van der Waals surface area contributed by atoms with Crippen LogP contribution in [0.3, 0.4) is 0 Å². The van der Waals surface area contributed by atoms with Crippen molar-refractivity contribution >= 4 is 16.9 Å². The van der Waals surface area contributed by atoms with E-state index in [4.69, 9.17) is 5.73 Å². The van der Waals surface area contributed by atoms with E-state index in [0.29, 0.717) is 22.5 Å². The highest BCUT2D eigenvalue weighted by molar-refractivity contribution is 5.93. The van der Waals surface area contributed by atoms with Crippen LogP contribution < -0.4 is 5.73 Å². The topological polar surface area (TPSA) is 71.8 Å². The van der Waals surface area contributed by atoms with Crippen LogP contribution in [0.15, 0.2) is 42.5 Å². The second-order valence-electron chi connectivity index (χ2n) is 4.76. The number of carbonyl (C=O) groups is 1. The number of benzene rings is 2. The van der Waals surface area contributed by atoms with Crippen molar-refractivity contribution in [2.45, 2.75) is 6.18 Å². The number of aromatic nitrogens is 2. The largest absolute Gasteiger partial charge is 0.416 e. The lowest BCUT2D eigenvalue weighted by molar-refractivity contribution is -0.137. The SMILES string of the molecule is NC(=O)c1ccc(-c2nc3cc(C(F)(F)F)ccc3[nH]2)cc1. The van der Waals surface area contributed by atoms with E-state index < -0.39 is 17.6 Å². The smallest absolute Gasteiger partial charge is 0.366 e. The molecule has 3 aromatic rings. The Hall–Kier alpha value is -2.83. The van der Waals surface area contributed by atoms with Gasteiger partial charge in [-0.05, 0) is 30.3 Å². The van der Waals surface area contributed by atoms with Gasteiger partial charge in [0.05, 0.1) is 16.6 Å². The summed E-state index contributed by atoms with van der Waals surface area (Å²) in [6.07, 6.45) is -4.41. The number of nitrogens with one attached hydrogen (secondary N) is 1. The van der Waals surface area contributed by atoms with E-state index in [-0.39, 0.29) is 5.52 Å². The fraction of sp³-hybridized carbons (Fsp3) is 0.0667. The number of aromatic amines is 1. The van der Waals surface area contributed by atoms with Crippen LogP contribution in [0.5, 0.6) is 0 Å². The van der Waals surface area contributed by atoms with Crippen LogP contribution in [-0.2, 0) is 6.18 Å². The standard InChI is InChI=1S/C15H10F3N3O/c16-15(17,18)10-5-6-11-12(7-10)21-14(20-11)9-3-1-8(2-4-9)13(19)22/h1-7H,(H2,19,22)(H,20,21). The predicted molar refractivity (Wildman–Crippen MR) is 75.0 cm³/mol. The molecule has 0 bridgehead atoms. The highest BCUT2D eigenvalue weighted by Gasteiger charge is 2.30. The molecule has 0 saturated carbocycles. The van der Waals surface area contributed by atoms with E-state index in [9.17, 15) is 18.0 Å². The van der Waals surface area contributed by atoms with Crippen LogP contribution in [0.2, 0.25) is 0 Å². The number of imidazole rings is 1. The first-order chi connectivity index (χ1) is 10.3. The molecular formula is C15H10F3N3O. The van der Waals surface area contributed by atoms with E-state index in [1.54, 1.807) is 12.1 Å². The van der Waals surface area contributed by atoms with E-state index in [1.165, 1.54) is 18.2 Å². The molecule has 0 aliphatic heterocycles. The first-order valence-electron chi connectivity index (χ1n) is 6.32. The lowest BCUT2D eigenvalue weighted by atomic mass is 10.1. The molecule has 4 nitrogen and oxygen atoms in total. The number of rotatable bonds is 2. The van der Waals surface area contributed by atoms with Gasteiger partial charge in [0.25, 0.3) is 0 Å². The predicted octanol–water partition coefficient (Wildman–Crippen LogP) is 3.35. The maximum absolute atomic E-state index is 12.7. The average Bonchev–Trinajstić information content (AvgIpc) is 2.89. The van der Waals surface area contributed by atoms with Crippen molar-refractivity contribution in [2.24, 2.45) is 5.73 Å². The van der Waals surface area contributed by atoms with Gasteiger partial charge in [0.15, 0.2) is 0 Å². The zero-order valence-corrected chi connectivity index (χ0v) is 11.1. The first kappa shape index (κ1) is 14.1. The number of fused-ring (bicyclic) bond motifs is 1. The number of nitrogens with two attached hydrogens (primary N) is 1. The summed E-state index contributed by atoms with van der Waals surface area (Å²) in [5, 5.41) is 0. The highest BCUT2D eigenvalue weighted by atomic mass is 19.4. The average molecular weight is 305 g/mol. The van der Waals surface area contributed by atoms with Gasteiger partial charge in [0.2, 0.25) is 5.91 Å². The Labute approximate surface area is 122 Å². The normalized spacial score (nSPS) is 11.8. The molecule has 7 heteroatoms. The number of nitrogens with zero attached hydrogens (tertiary/aromatic N) is 1. The second-order valence-corrected chi connectivity index (χ2v) is 4.76. The Balaban J connectivity index is 2.03. The van der Waals surface area contributed by atoms with E-state index in [1.807, 2.05) is 0 Å². The van der Waals surface area contributed by atoms with Gasteiger partial charge in [0.1, 0.15) is 5.82 Å². The van der Waals surface area contributed by atoms with Gasteiger partial charge in [-0.2, -0.15) is 13.2 Å². The minimum absolute atomic E-state index is 0.226. The molecule has 2 aromatic carbocycles. The minimum Gasteiger partial charge on any atom is -0.366 e. The first-order valence-corrected chi connectivity index (χ1v) is 6.32. The van der Waals surface area contributed by atoms with E-state index >= 15 is 0 Å². The third-order valence-electron chi connectivity index (χ3n) is 3.25. The minimum atomic E-state index is -4.41. The summed E-state index contributed by atoms with van der Waals surface area (Å²) in [5.74, 6) is -0.128. The van der Waals surface area contributed by atoms with Crippen molar-refractivity contribution in [3.8, 4) is 11.4 Å². The Morgan fingerprint density at radius 1 is 1.09 bits per heavy atom. The number of hydrogen-bond acceptors (Lipinski definition) is 2. The lowest BCUT2D eigenvalue weighted by Gasteiger charge is -2.04. The van der Waals surface area contributed by atoms with Crippen LogP contribution in [0, 0.1) is 0 Å². The molecule has 0 spiro atoms. The molecule has 0 aliphatic rings. The molecule has 0 aliphatic carbocycles. The van der Waals surface area contributed by atoms with Gasteiger partial charge in [-0.15, -0.1) is 0 Å². The molecule has 112 valence electrons. The molecule has 22 heavy (non-hydrogen) atoms. The number of H-pyrrole nitrogens is 1. The monoisotopic (exact) mass is 305 g/mol. The summed E-state index contributed by atoms with van der Waals surface area (Å²) in [5.41, 5.74) is 6.13. The van der Waals surface area contributed by atoms with Crippen LogP contribution in [-0.4, -0.2) is 15.9 Å². The third kappa shape index (κ3) is 2.52. The van der Waals surface area contributed by atoms with Gasteiger partial charge >= 0.3 is 6.18 Å². The molecule has 1 amide bonds. The zero-order chi connectivity index (χ0) is 15.9. The summed E-state index contributed by atoms with van der Waals surface area (Å²) in [6, 6.07) is 9.66.